The molecule has 118 valence electrons. The standard InChI is InChI=1S/C15H23ClN2O2S/c1-3-21(19,20)15-12(6-4-8-14(15)16)10-18-9-5-7-13(11-18)17-2/h4,6,8,13,17H,3,5,7,9-11H2,1-2H3. The molecule has 0 amide bonds. The van der Waals surface area contributed by atoms with E-state index in [0.29, 0.717) is 22.5 Å². The van der Waals surface area contributed by atoms with Crippen LogP contribution >= 0.6 is 11.6 Å². The van der Waals surface area contributed by atoms with Crippen molar-refractivity contribution >= 4 is 21.4 Å². The predicted molar refractivity (Wildman–Crippen MR) is 86.5 cm³/mol. The number of hydrogen-bond acceptors (Lipinski definition) is 4. The minimum Gasteiger partial charge on any atom is -0.316 e. The van der Waals surface area contributed by atoms with Crippen molar-refractivity contribution < 1.29 is 8.42 Å². The summed E-state index contributed by atoms with van der Waals surface area (Å²) in [5.74, 6) is 0.0723. The SMILES string of the molecule is CCS(=O)(=O)c1c(Cl)cccc1CN1CCCC(NC)C1. The molecule has 0 aliphatic carbocycles. The number of likely N-dealkylation sites (tertiary alicyclic amines) is 1. The van der Waals surface area contributed by atoms with E-state index in [2.05, 4.69) is 10.2 Å². The van der Waals surface area contributed by atoms with Gasteiger partial charge in [-0.25, -0.2) is 8.42 Å². The van der Waals surface area contributed by atoms with Gasteiger partial charge >= 0.3 is 0 Å². The second-order valence-electron chi connectivity index (χ2n) is 5.49. The quantitative estimate of drug-likeness (QED) is 0.900. The smallest absolute Gasteiger partial charge is 0.179 e. The maximum Gasteiger partial charge on any atom is 0.179 e. The first kappa shape index (κ1) is 16.7. The summed E-state index contributed by atoms with van der Waals surface area (Å²) in [6, 6.07) is 5.83. The number of halogens is 1. The summed E-state index contributed by atoms with van der Waals surface area (Å²) in [4.78, 5) is 2.60. The van der Waals surface area contributed by atoms with Gasteiger partial charge in [0.1, 0.15) is 0 Å². The highest BCUT2D eigenvalue weighted by Gasteiger charge is 2.24. The third kappa shape index (κ3) is 3.97. The molecule has 1 fully saturated rings. The molecule has 1 aromatic carbocycles. The lowest BCUT2D eigenvalue weighted by Gasteiger charge is -2.33. The zero-order chi connectivity index (χ0) is 15.5. The van der Waals surface area contributed by atoms with Crippen LogP contribution in [0, 0.1) is 0 Å². The summed E-state index contributed by atoms with van der Waals surface area (Å²) >= 11 is 6.16. The summed E-state index contributed by atoms with van der Waals surface area (Å²) in [6.45, 7) is 4.22. The average Bonchev–Trinajstić information content (AvgIpc) is 2.47. The molecule has 2 rings (SSSR count). The molecule has 4 nitrogen and oxygen atoms in total. The van der Waals surface area contributed by atoms with Crippen molar-refractivity contribution in [3.63, 3.8) is 0 Å². The number of rotatable bonds is 5. The summed E-state index contributed by atoms with van der Waals surface area (Å²) in [7, 11) is -1.33. The maximum atomic E-state index is 12.3. The van der Waals surface area contributed by atoms with Crippen molar-refractivity contribution in [3.8, 4) is 0 Å². The number of sulfone groups is 1. The Balaban J connectivity index is 2.26. The normalized spacial score (nSPS) is 20.6. The van der Waals surface area contributed by atoms with Crippen LogP contribution in [0.1, 0.15) is 25.3 Å². The van der Waals surface area contributed by atoms with E-state index in [1.165, 1.54) is 6.42 Å². The van der Waals surface area contributed by atoms with Gasteiger partial charge in [-0.1, -0.05) is 30.7 Å². The maximum absolute atomic E-state index is 12.3. The van der Waals surface area contributed by atoms with Crippen LogP contribution in [0.4, 0.5) is 0 Å². The second-order valence-corrected chi connectivity index (χ2v) is 8.12. The van der Waals surface area contributed by atoms with Gasteiger partial charge in [-0.3, -0.25) is 4.90 Å². The summed E-state index contributed by atoms with van der Waals surface area (Å²) in [5.41, 5.74) is 0.807. The molecule has 1 aliphatic rings. The van der Waals surface area contributed by atoms with E-state index in [4.69, 9.17) is 11.6 Å². The van der Waals surface area contributed by atoms with E-state index in [1.807, 2.05) is 19.2 Å². The van der Waals surface area contributed by atoms with Gasteiger partial charge < -0.3 is 5.32 Å². The second kappa shape index (κ2) is 7.09. The molecule has 1 unspecified atom stereocenters. The van der Waals surface area contributed by atoms with Crippen LogP contribution in [0.2, 0.25) is 5.02 Å². The Bertz CT molecular complexity index is 589. The number of piperidine rings is 1. The molecule has 1 saturated heterocycles. The van der Waals surface area contributed by atoms with Crippen molar-refractivity contribution in [2.24, 2.45) is 0 Å². The third-order valence-corrected chi connectivity index (χ3v) is 6.34. The van der Waals surface area contributed by atoms with Gasteiger partial charge in [0.05, 0.1) is 15.7 Å². The number of benzene rings is 1. The van der Waals surface area contributed by atoms with Gasteiger partial charge in [0.25, 0.3) is 0 Å². The fraction of sp³-hybridized carbons (Fsp3) is 0.600. The Morgan fingerprint density at radius 1 is 1.43 bits per heavy atom. The summed E-state index contributed by atoms with van der Waals surface area (Å²) in [6.07, 6.45) is 2.30. The number of nitrogens with one attached hydrogen (secondary N) is 1. The number of nitrogens with zero attached hydrogens (tertiary/aromatic N) is 1. The van der Waals surface area contributed by atoms with Crippen molar-refractivity contribution in [1.82, 2.24) is 10.2 Å². The molecule has 0 aromatic heterocycles. The van der Waals surface area contributed by atoms with E-state index in [-0.39, 0.29) is 5.75 Å². The van der Waals surface area contributed by atoms with Crippen molar-refractivity contribution in [2.75, 3.05) is 25.9 Å². The highest BCUT2D eigenvalue weighted by Crippen LogP contribution is 2.28. The van der Waals surface area contributed by atoms with E-state index in [1.54, 1.807) is 13.0 Å². The Hall–Kier alpha value is -0.620. The molecule has 0 radical (unpaired) electrons. The van der Waals surface area contributed by atoms with Crippen LogP contribution in [0.25, 0.3) is 0 Å². The first-order valence-corrected chi connectivity index (χ1v) is 9.40. The van der Waals surface area contributed by atoms with E-state index >= 15 is 0 Å². The van der Waals surface area contributed by atoms with Crippen molar-refractivity contribution in [1.29, 1.82) is 0 Å². The van der Waals surface area contributed by atoms with Gasteiger partial charge in [0.2, 0.25) is 0 Å². The fourth-order valence-electron chi connectivity index (χ4n) is 2.85. The average molecular weight is 331 g/mol. The molecule has 1 aromatic rings. The molecule has 0 saturated carbocycles. The monoisotopic (exact) mass is 330 g/mol. The van der Waals surface area contributed by atoms with Crippen molar-refractivity contribution in [2.45, 2.75) is 37.2 Å². The first-order chi connectivity index (χ1) is 9.97. The van der Waals surface area contributed by atoms with E-state index in [0.717, 1.165) is 25.1 Å². The largest absolute Gasteiger partial charge is 0.316 e. The van der Waals surface area contributed by atoms with Gasteiger partial charge in [-0.15, -0.1) is 0 Å². The van der Waals surface area contributed by atoms with Crippen LogP contribution in [0.15, 0.2) is 23.1 Å². The Morgan fingerprint density at radius 3 is 2.86 bits per heavy atom. The van der Waals surface area contributed by atoms with Gasteiger partial charge in [0, 0.05) is 19.1 Å². The molecule has 6 heteroatoms. The van der Waals surface area contributed by atoms with Crippen LogP contribution in [0.3, 0.4) is 0 Å². The lowest BCUT2D eigenvalue weighted by Crippen LogP contribution is -2.44. The zero-order valence-electron chi connectivity index (χ0n) is 12.6. The lowest BCUT2D eigenvalue weighted by molar-refractivity contribution is 0.187. The number of likely N-dealkylation sites (N-methyl/N-ethyl adjacent to an activating group) is 1. The van der Waals surface area contributed by atoms with Crippen LogP contribution in [-0.2, 0) is 16.4 Å². The minimum atomic E-state index is -3.30. The first-order valence-electron chi connectivity index (χ1n) is 7.37. The fourth-order valence-corrected chi connectivity index (χ4v) is 4.58. The van der Waals surface area contributed by atoms with E-state index < -0.39 is 9.84 Å². The summed E-state index contributed by atoms with van der Waals surface area (Å²) < 4.78 is 24.6. The molecule has 0 bridgehead atoms. The molecule has 1 atom stereocenters. The molecule has 1 heterocycles. The lowest BCUT2D eigenvalue weighted by atomic mass is 10.1. The molecule has 21 heavy (non-hydrogen) atoms. The molecule has 1 N–H and O–H groups in total. The zero-order valence-corrected chi connectivity index (χ0v) is 14.2. The Morgan fingerprint density at radius 2 is 2.19 bits per heavy atom. The van der Waals surface area contributed by atoms with Crippen LogP contribution in [0.5, 0.6) is 0 Å². The molecule has 1 aliphatic heterocycles. The Kier molecular flexibility index (Phi) is 5.66. The molecular formula is C15H23ClN2O2S. The topological polar surface area (TPSA) is 49.4 Å². The number of hydrogen-bond donors (Lipinski definition) is 1. The molecular weight excluding hydrogens is 308 g/mol. The Labute approximate surface area is 132 Å². The summed E-state index contributed by atoms with van der Waals surface area (Å²) in [5, 5.41) is 3.63. The van der Waals surface area contributed by atoms with Crippen LogP contribution in [-0.4, -0.2) is 45.2 Å². The predicted octanol–water partition coefficient (Wildman–Crippen LogP) is 2.32. The molecule has 0 spiro atoms. The minimum absolute atomic E-state index is 0.0723. The van der Waals surface area contributed by atoms with Crippen molar-refractivity contribution in [3.05, 3.63) is 28.8 Å². The van der Waals surface area contributed by atoms with E-state index in [9.17, 15) is 8.42 Å². The van der Waals surface area contributed by atoms with Crippen LogP contribution < -0.4 is 5.32 Å². The third-order valence-electron chi connectivity index (χ3n) is 4.05. The van der Waals surface area contributed by atoms with Gasteiger partial charge in [0.15, 0.2) is 9.84 Å². The van der Waals surface area contributed by atoms with Gasteiger partial charge in [-0.2, -0.15) is 0 Å². The van der Waals surface area contributed by atoms with Gasteiger partial charge in [-0.05, 0) is 38.1 Å². The highest BCUT2D eigenvalue weighted by atomic mass is 35.5. The highest BCUT2D eigenvalue weighted by molar-refractivity contribution is 7.91.